The number of carbonyl (C=O) groups is 1. The summed E-state index contributed by atoms with van der Waals surface area (Å²) in [7, 11) is -3.64. The predicted molar refractivity (Wildman–Crippen MR) is 116 cm³/mol. The number of anilines is 1. The summed E-state index contributed by atoms with van der Waals surface area (Å²) in [5, 5.41) is 2.97. The van der Waals surface area contributed by atoms with Gasteiger partial charge in [-0.15, -0.1) is 0 Å². The number of benzene rings is 2. The minimum absolute atomic E-state index is 0.0919. The number of sulfonamides is 1. The Morgan fingerprint density at radius 1 is 1.15 bits per heavy atom. The molecule has 0 aromatic heterocycles. The number of hydrogen-bond donors (Lipinski definition) is 1. The molecular formula is C19H20ClIN2O3S. The topological polar surface area (TPSA) is 66.5 Å². The van der Waals surface area contributed by atoms with Crippen LogP contribution in [0.5, 0.6) is 0 Å². The molecule has 0 aliphatic carbocycles. The van der Waals surface area contributed by atoms with Crippen molar-refractivity contribution in [3.8, 4) is 0 Å². The molecule has 1 aliphatic rings. The molecule has 0 spiro atoms. The first-order chi connectivity index (χ1) is 12.8. The molecule has 3 rings (SSSR count). The van der Waals surface area contributed by atoms with Gasteiger partial charge < -0.3 is 5.32 Å². The molecule has 144 valence electrons. The molecule has 0 atom stereocenters. The minimum Gasteiger partial charge on any atom is -0.322 e. The molecule has 0 unspecified atom stereocenters. The standard InChI is InChI=1S/C19H20ClIN2O3S/c1-13-8-10-23(11-9-13)27(25,26)16-6-7-18(20)17(12-16)19(24)22-15-4-2-14(21)3-5-15/h2-7,12-13H,8-11H2,1H3,(H,22,24). The van der Waals surface area contributed by atoms with Crippen LogP contribution in [0.15, 0.2) is 47.4 Å². The Morgan fingerprint density at radius 2 is 1.78 bits per heavy atom. The summed E-state index contributed by atoms with van der Waals surface area (Å²) in [6, 6.07) is 11.6. The van der Waals surface area contributed by atoms with E-state index in [0.717, 1.165) is 16.4 Å². The zero-order valence-electron chi connectivity index (χ0n) is 14.8. The lowest BCUT2D eigenvalue weighted by molar-refractivity contribution is 0.102. The van der Waals surface area contributed by atoms with E-state index in [0.29, 0.717) is 24.7 Å². The molecule has 2 aromatic carbocycles. The van der Waals surface area contributed by atoms with Crippen LogP contribution in [-0.2, 0) is 10.0 Å². The van der Waals surface area contributed by atoms with Gasteiger partial charge in [0.25, 0.3) is 5.91 Å². The highest BCUT2D eigenvalue weighted by Crippen LogP contribution is 2.27. The first-order valence-electron chi connectivity index (χ1n) is 8.64. The van der Waals surface area contributed by atoms with Crippen LogP contribution >= 0.6 is 34.2 Å². The molecule has 1 aliphatic heterocycles. The summed E-state index contributed by atoms with van der Waals surface area (Å²) in [5.41, 5.74) is 0.761. The Balaban J connectivity index is 1.85. The second kappa shape index (κ2) is 8.46. The van der Waals surface area contributed by atoms with E-state index in [1.54, 1.807) is 12.1 Å². The minimum atomic E-state index is -3.64. The van der Waals surface area contributed by atoms with Gasteiger partial charge in [0.15, 0.2) is 0 Å². The molecule has 5 nitrogen and oxygen atoms in total. The van der Waals surface area contributed by atoms with Crippen molar-refractivity contribution in [1.29, 1.82) is 0 Å². The summed E-state index contributed by atoms with van der Waals surface area (Å²) >= 11 is 8.34. The number of nitrogens with zero attached hydrogens (tertiary/aromatic N) is 1. The maximum Gasteiger partial charge on any atom is 0.257 e. The van der Waals surface area contributed by atoms with E-state index in [4.69, 9.17) is 11.6 Å². The summed E-state index contributed by atoms with van der Waals surface area (Å²) in [4.78, 5) is 12.7. The fourth-order valence-electron chi connectivity index (χ4n) is 2.94. The Morgan fingerprint density at radius 3 is 2.41 bits per heavy atom. The third kappa shape index (κ3) is 4.82. The van der Waals surface area contributed by atoms with Crippen LogP contribution in [0.4, 0.5) is 5.69 Å². The van der Waals surface area contributed by atoms with Crippen molar-refractivity contribution >= 4 is 55.8 Å². The molecule has 1 fully saturated rings. The van der Waals surface area contributed by atoms with Crippen molar-refractivity contribution in [1.82, 2.24) is 4.31 Å². The summed E-state index contributed by atoms with van der Waals surface area (Å²) < 4.78 is 28.4. The highest BCUT2D eigenvalue weighted by Gasteiger charge is 2.29. The van der Waals surface area contributed by atoms with E-state index in [1.165, 1.54) is 22.5 Å². The van der Waals surface area contributed by atoms with Crippen molar-refractivity contribution < 1.29 is 13.2 Å². The molecule has 1 saturated heterocycles. The highest BCUT2D eigenvalue weighted by atomic mass is 127. The maximum atomic E-state index is 12.9. The summed E-state index contributed by atoms with van der Waals surface area (Å²) in [5.74, 6) is 0.0856. The van der Waals surface area contributed by atoms with Gasteiger partial charge in [-0.25, -0.2) is 8.42 Å². The number of halogens is 2. The van der Waals surface area contributed by atoms with Crippen LogP contribution in [-0.4, -0.2) is 31.7 Å². The van der Waals surface area contributed by atoms with Crippen molar-refractivity contribution in [3.05, 3.63) is 56.6 Å². The summed E-state index contributed by atoms with van der Waals surface area (Å²) in [6.45, 7) is 3.12. The van der Waals surface area contributed by atoms with Crippen molar-refractivity contribution in [3.63, 3.8) is 0 Å². The number of carbonyl (C=O) groups excluding carboxylic acids is 1. The first kappa shape index (κ1) is 20.6. The van der Waals surface area contributed by atoms with E-state index in [9.17, 15) is 13.2 Å². The zero-order valence-corrected chi connectivity index (χ0v) is 18.5. The molecule has 2 aromatic rings. The summed E-state index contributed by atoms with van der Waals surface area (Å²) in [6.07, 6.45) is 1.68. The van der Waals surface area contributed by atoms with E-state index >= 15 is 0 Å². The van der Waals surface area contributed by atoms with Gasteiger partial charge in [-0.1, -0.05) is 18.5 Å². The van der Waals surface area contributed by atoms with Gasteiger partial charge in [0.1, 0.15) is 0 Å². The van der Waals surface area contributed by atoms with Gasteiger partial charge in [-0.2, -0.15) is 4.31 Å². The largest absolute Gasteiger partial charge is 0.322 e. The van der Waals surface area contributed by atoms with E-state index in [-0.39, 0.29) is 15.5 Å². The number of amides is 1. The highest BCUT2D eigenvalue weighted by molar-refractivity contribution is 14.1. The molecule has 1 amide bonds. The van der Waals surface area contributed by atoms with Crippen LogP contribution in [0.2, 0.25) is 5.02 Å². The van der Waals surface area contributed by atoms with Gasteiger partial charge in [0, 0.05) is 22.3 Å². The van der Waals surface area contributed by atoms with Crippen LogP contribution in [0.25, 0.3) is 0 Å². The lowest BCUT2D eigenvalue weighted by Gasteiger charge is -2.29. The monoisotopic (exact) mass is 518 g/mol. The maximum absolute atomic E-state index is 12.9. The van der Waals surface area contributed by atoms with Crippen LogP contribution < -0.4 is 5.32 Å². The molecular weight excluding hydrogens is 499 g/mol. The Bertz CT molecular complexity index is 940. The molecule has 0 radical (unpaired) electrons. The quantitative estimate of drug-likeness (QED) is 0.601. The normalized spacial score (nSPS) is 16.3. The predicted octanol–water partition coefficient (Wildman–Crippen LogP) is 4.62. The average Bonchev–Trinajstić information content (AvgIpc) is 2.64. The number of rotatable bonds is 4. The van der Waals surface area contributed by atoms with Crippen LogP contribution in [0, 0.1) is 9.49 Å². The smallest absolute Gasteiger partial charge is 0.257 e. The third-order valence-electron chi connectivity index (χ3n) is 4.66. The van der Waals surface area contributed by atoms with Gasteiger partial charge >= 0.3 is 0 Å². The zero-order chi connectivity index (χ0) is 19.6. The van der Waals surface area contributed by atoms with Crippen molar-refractivity contribution in [2.75, 3.05) is 18.4 Å². The van der Waals surface area contributed by atoms with Gasteiger partial charge in [-0.3, -0.25) is 4.79 Å². The molecule has 1 heterocycles. The molecule has 1 N–H and O–H groups in total. The van der Waals surface area contributed by atoms with Crippen molar-refractivity contribution in [2.45, 2.75) is 24.7 Å². The van der Waals surface area contributed by atoms with Gasteiger partial charge in [-0.05, 0) is 83.8 Å². The Labute approximate surface area is 178 Å². The Kier molecular flexibility index (Phi) is 6.45. The van der Waals surface area contributed by atoms with Crippen molar-refractivity contribution in [2.24, 2.45) is 5.92 Å². The number of piperidine rings is 1. The van der Waals surface area contributed by atoms with Gasteiger partial charge in [0.2, 0.25) is 10.0 Å². The lowest BCUT2D eigenvalue weighted by atomic mass is 10.0. The molecule has 0 saturated carbocycles. The average molecular weight is 519 g/mol. The Hall–Kier alpha value is -1.16. The first-order valence-corrected chi connectivity index (χ1v) is 11.5. The van der Waals surface area contributed by atoms with E-state index < -0.39 is 15.9 Å². The SMILES string of the molecule is CC1CCN(S(=O)(=O)c2ccc(Cl)c(C(=O)Nc3ccc(I)cc3)c2)CC1. The molecule has 27 heavy (non-hydrogen) atoms. The fraction of sp³-hybridized carbons (Fsp3) is 0.316. The molecule has 8 heteroatoms. The lowest BCUT2D eigenvalue weighted by Crippen LogP contribution is -2.37. The second-order valence-corrected chi connectivity index (χ2v) is 10.3. The van der Waals surface area contributed by atoms with Gasteiger partial charge in [0.05, 0.1) is 15.5 Å². The number of hydrogen-bond acceptors (Lipinski definition) is 3. The van der Waals surface area contributed by atoms with Crippen LogP contribution in [0.3, 0.4) is 0 Å². The van der Waals surface area contributed by atoms with E-state index in [1.807, 2.05) is 12.1 Å². The van der Waals surface area contributed by atoms with Crippen LogP contribution in [0.1, 0.15) is 30.1 Å². The fourth-order valence-corrected chi connectivity index (χ4v) is 5.00. The second-order valence-electron chi connectivity index (χ2n) is 6.69. The number of nitrogens with one attached hydrogen (secondary N) is 1. The van der Waals surface area contributed by atoms with E-state index in [2.05, 4.69) is 34.8 Å². The molecule has 0 bridgehead atoms. The third-order valence-corrected chi connectivity index (χ3v) is 7.61.